The van der Waals surface area contributed by atoms with Crippen LogP contribution < -0.4 is 15.4 Å². The van der Waals surface area contributed by atoms with Crippen LogP contribution in [0, 0.1) is 5.92 Å². The van der Waals surface area contributed by atoms with E-state index in [1.165, 1.54) is 0 Å². The molecule has 1 fully saturated rings. The van der Waals surface area contributed by atoms with Gasteiger partial charge in [0.2, 0.25) is 5.91 Å². The number of ether oxygens (including phenoxy) is 2. The standard InChI is InChI=1S/C19H30N4O3/c1-3-6-13(2)26-19-21-17(20)15-11-16(24)23(18(15)22-19)9-5-4-7-14-8-10-25-12-14/h13-14H,3-12H2,1-2H3,(H2,20,21,22)/t13-,14?/m0/s1. The summed E-state index contributed by atoms with van der Waals surface area (Å²) < 4.78 is 11.2. The van der Waals surface area contributed by atoms with Crippen LogP contribution >= 0.6 is 0 Å². The lowest BCUT2D eigenvalue weighted by molar-refractivity contribution is -0.117. The Morgan fingerprint density at radius 1 is 1.38 bits per heavy atom. The van der Waals surface area contributed by atoms with Gasteiger partial charge in [0.25, 0.3) is 0 Å². The van der Waals surface area contributed by atoms with Crippen LogP contribution in [-0.4, -0.2) is 41.7 Å². The molecule has 1 aromatic heterocycles. The maximum absolute atomic E-state index is 12.4. The monoisotopic (exact) mass is 362 g/mol. The maximum atomic E-state index is 12.4. The van der Waals surface area contributed by atoms with Crippen molar-refractivity contribution in [2.24, 2.45) is 5.92 Å². The van der Waals surface area contributed by atoms with E-state index in [1.54, 1.807) is 4.90 Å². The highest BCUT2D eigenvalue weighted by molar-refractivity contribution is 6.01. The molecular formula is C19H30N4O3. The predicted molar refractivity (Wildman–Crippen MR) is 100 cm³/mol. The fraction of sp³-hybridized carbons (Fsp3) is 0.737. The number of amides is 1. The minimum Gasteiger partial charge on any atom is -0.460 e. The quantitative estimate of drug-likeness (QED) is 0.679. The van der Waals surface area contributed by atoms with E-state index in [0.717, 1.165) is 57.3 Å². The normalized spacial score (nSPS) is 20.5. The Morgan fingerprint density at radius 2 is 2.23 bits per heavy atom. The molecule has 0 aliphatic carbocycles. The molecule has 0 spiro atoms. The summed E-state index contributed by atoms with van der Waals surface area (Å²) in [6.07, 6.45) is 6.61. The maximum Gasteiger partial charge on any atom is 0.320 e. The molecule has 7 nitrogen and oxygen atoms in total. The first-order valence-electron chi connectivity index (χ1n) is 9.79. The number of nitrogens with zero attached hydrogens (tertiary/aromatic N) is 3. The van der Waals surface area contributed by atoms with Crippen molar-refractivity contribution in [2.45, 2.75) is 64.9 Å². The summed E-state index contributed by atoms with van der Waals surface area (Å²) in [5, 5.41) is 0. The fourth-order valence-corrected chi connectivity index (χ4v) is 3.67. The summed E-state index contributed by atoms with van der Waals surface area (Å²) in [5.41, 5.74) is 6.79. The molecule has 3 rings (SSSR count). The molecule has 1 saturated heterocycles. The van der Waals surface area contributed by atoms with Crippen LogP contribution in [0.1, 0.15) is 57.9 Å². The Hall–Kier alpha value is -1.89. The van der Waals surface area contributed by atoms with Crippen molar-refractivity contribution in [3.63, 3.8) is 0 Å². The van der Waals surface area contributed by atoms with Crippen LogP contribution in [0.25, 0.3) is 0 Å². The predicted octanol–water partition coefficient (Wildman–Crippen LogP) is 2.72. The van der Waals surface area contributed by atoms with Gasteiger partial charge in [-0.25, -0.2) is 0 Å². The van der Waals surface area contributed by atoms with Gasteiger partial charge < -0.3 is 15.2 Å². The number of carbonyl (C=O) groups excluding carboxylic acids is 1. The third kappa shape index (κ3) is 4.44. The third-order valence-corrected chi connectivity index (χ3v) is 5.15. The van der Waals surface area contributed by atoms with E-state index in [-0.39, 0.29) is 24.4 Å². The van der Waals surface area contributed by atoms with Gasteiger partial charge >= 0.3 is 6.01 Å². The molecule has 3 heterocycles. The lowest BCUT2D eigenvalue weighted by Crippen LogP contribution is -2.28. The van der Waals surface area contributed by atoms with E-state index in [4.69, 9.17) is 15.2 Å². The van der Waals surface area contributed by atoms with E-state index in [2.05, 4.69) is 16.9 Å². The largest absolute Gasteiger partial charge is 0.460 e. The Bertz CT molecular complexity index is 631. The number of carbonyl (C=O) groups is 1. The topological polar surface area (TPSA) is 90.6 Å². The summed E-state index contributed by atoms with van der Waals surface area (Å²) >= 11 is 0. The van der Waals surface area contributed by atoms with Gasteiger partial charge in [0, 0.05) is 25.3 Å². The molecule has 1 unspecified atom stereocenters. The Balaban J connectivity index is 1.61. The van der Waals surface area contributed by atoms with Gasteiger partial charge in [-0.3, -0.25) is 9.69 Å². The van der Waals surface area contributed by atoms with Crippen LogP contribution in [0.15, 0.2) is 0 Å². The molecule has 0 saturated carbocycles. The second-order valence-corrected chi connectivity index (χ2v) is 7.36. The summed E-state index contributed by atoms with van der Waals surface area (Å²) in [6, 6.07) is 0.269. The molecule has 1 amide bonds. The number of fused-ring (bicyclic) bond motifs is 1. The van der Waals surface area contributed by atoms with Gasteiger partial charge in [-0.1, -0.05) is 19.8 Å². The van der Waals surface area contributed by atoms with E-state index in [9.17, 15) is 4.79 Å². The van der Waals surface area contributed by atoms with Crippen molar-refractivity contribution < 1.29 is 14.3 Å². The van der Waals surface area contributed by atoms with E-state index < -0.39 is 0 Å². The van der Waals surface area contributed by atoms with Gasteiger partial charge in [-0.2, -0.15) is 9.97 Å². The second-order valence-electron chi connectivity index (χ2n) is 7.36. The zero-order chi connectivity index (χ0) is 18.5. The number of aromatic nitrogens is 2. The average Bonchev–Trinajstić information content (AvgIpc) is 3.20. The summed E-state index contributed by atoms with van der Waals surface area (Å²) in [4.78, 5) is 22.9. The molecule has 26 heavy (non-hydrogen) atoms. The summed E-state index contributed by atoms with van der Waals surface area (Å²) in [6.45, 7) is 6.53. The van der Waals surface area contributed by atoms with Crippen molar-refractivity contribution in [1.82, 2.24) is 9.97 Å². The van der Waals surface area contributed by atoms with Crippen LogP contribution in [-0.2, 0) is 16.0 Å². The highest BCUT2D eigenvalue weighted by atomic mass is 16.5. The Labute approximate surface area is 155 Å². The number of rotatable bonds is 9. The van der Waals surface area contributed by atoms with Gasteiger partial charge in [0.05, 0.1) is 12.5 Å². The average molecular weight is 362 g/mol. The molecule has 0 bridgehead atoms. The number of anilines is 2. The highest BCUT2D eigenvalue weighted by Crippen LogP contribution is 2.32. The molecule has 2 aliphatic heterocycles. The number of nitrogen functional groups attached to an aromatic ring is 1. The van der Waals surface area contributed by atoms with E-state index in [1.807, 2.05) is 6.92 Å². The minimum absolute atomic E-state index is 0.0247. The van der Waals surface area contributed by atoms with Crippen LogP contribution in [0.2, 0.25) is 0 Å². The van der Waals surface area contributed by atoms with Crippen molar-refractivity contribution in [3.8, 4) is 6.01 Å². The van der Waals surface area contributed by atoms with Crippen molar-refractivity contribution in [1.29, 1.82) is 0 Å². The lowest BCUT2D eigenvalue weighted by Gasteiger charge is -2.18. The number of hydrogen-bond donors (Lipinski definition) is 1. The lowest BCUT2D eigenvalue weighted by atomic mass is 10.0. The summed E-state index contributed by atoms with van der Waals surface area (Å²) in [7, 11) is 0. The van der Waals surface area contributed by atoms with E-state index in [0.29, 0.717) is 24.1 Å². The van der Waals surface area contributed by atoms with Crippen LogP contribution in [0.4, 0.5) is 11.6 Å². The summed E-state index contributed by atoms with van der Waals surface area (Å²) in [5.74, 6) is 1.71. The molecule has 7 heteroatoms. The number of unbranched alkanes of at least 4 members (excludes halogenated alkanes) is 1. The molecule has 2 atom stereocenters. The molecule has 2 N–H and O–H groups in total. The molecule has 0 radical (unpaired) electrons. The van der Waals surface area contributed by atoms with Gasteiger partial charge in [0.15, 0.2) is 0 Å². The molecule has 2 aliphatic rings. The van der Waals surface area contributed by atoms with Gasteiger partial charge in [-0.15, -0.1) is 0 Å². The fourth-order valence-electron chi connectivity index (χ4n) is 3.67. The van der Waals surface area contributed by atoms with Gasteiger partial charge in [-0.05, 0) is 38.5 Å². The molecule has 1 aromatic rings. The number of nitrogens with two attached hydrogens (primary N) is 1. The minimum atomic E-state index is 0.0247. The third-order valence-electron chi connectivity index (χ3n) is 5.15. The first-order chi connectivity index (χ1) is 12.6. The Morgan fingerprint density at radius 3 is 2.96 bits per heavy atom. The highest BCUT2D eigenvalue weighted by Gasteiger charge is 2.32. The molecule has 0 aromatic carbocycles. The zero-order valence-corrected chi connectivity index (χ0v) is 15.9. The van der Waals surface area contributed by atoms with Crippen molar-refractivity contribution in [2.75, 3.05) is 30.4 Å². The van der Waals surface area contributed by atoms with E-state index >= 15 is 0 Å². The molecule has 144 valence electrons. The Kier molecular flexibility index (Phi) is 6.29. The van der Waals surface area contributed by atoms with Crippen molar-refractivity contribution >= 4 is 17.5 Å². The smallest absolute Gasteiger partial charge is 0.320 e. The van der Waals surface area contributed by atoms with Crippen LogP contribution in [0.3, 0.4) is 0 Å². The second kappa shape index (κ2) is 8.66. The first-order valence-corrected chi connectivity index (χ1v) is 9.79. The molecular weight excluding hydrogens is 332 g/mol. The zero-order valence-electron chi connectivity index (χ0n) is 15.9. The van der Waals surface area contributed by atoms with Gasteiger partial charge in [0.1, 0.15) is 11.6 Å². The van der Waals surface area contributed by atoms with Crippen LogP contribution in [0.5, 0.6) is 6.01 Å². The first kappa shape index (κ1) is 18.9. The SMILES string of the molecule is CCC[C@H](C)Oc1nc(N)c2c(n1)N(CCCCC1CCOC1)C(=O)C2. The van der Waals surface area contributed by atoms with Crippen molar-refractivity contribution in [3.05, 3.63) is 5.56 Å². The number of hydrogen-bond acceptors (Lipinski definition) is 6.